The Kier molecular flexibility index (Phi) is 2.53. The van der Waals surface area contributed by atoms with Gasteiger partial charge in [-0.2, -0.15) is 18.3 Å². The van der Waals surface area contributed by atoms with Gasteiger partial charge in [-0.1, -0.05) is 0 Å². The summed E-state index contributed by atoms with van der Waals surface area (Å²) in [6.45, 7) is 3.33. The van der Waals surface area contributed by atoms with E-state index < -0.39 is 27.5 Å². The van der Waals surface area contributed by atoms with Gasteiger partial charge in [0.05, 0.1) is 17.2 Å². The number of alkyl halides is 3. The summed E-state index contributed by atoms with van der Waals surface area (Å²) < 4.78 is 62.0. The molecule has 2 rings (SSSR count). The molecule has 8 heteroatoms. The highest BCUT2D eigenvalue weighted by atomic mass is 32.2. The monoisotopic (exact) mass is 268 g/mol. The molecule has 1 aliphatic heterocycles. The number of fused-ring (bicyclic) bond motifs is 1. The molecule has 0 saturated carbocycles. The first-order chi connectivity index (χ1) is 7.62. The first kappa shape index (κ1) is 12.4. The number of sulfone groups is 1. The van der Waals surface area contributed by atoms with Crippen LogP contribution in [0.4, 0.5) is 13.2 Å². The Balaban J connectivity index is 2.64. The SMILES string of the molecule is CC(C)n1nc(C(F)(F)F)c2c1CS(=O)(=O)C2. The van der Waals surface area contributed by atoms with Gasteiger partial charge in [0.2, 0.25) is 0 Å². The second kappa shape index (κ2) is 3.47. The Bertz CT molecular complexity index is 558. The average Bonchev–Trinajstić information content (AvgIpc) is 2.54. The van der Waals surface area contributed by atoms with Crippen LogP contribution >= 0.6 is 0 Å². The molecular formula is C9H11F3N2O2S. The van der Waals surface area contributed by atoms with E-state index in [-0.39, 0.29) is 23.1 Å². The van der Waals surface area contributed by atoms with Crippen molar-refractivity contribution in [2.75, 3.05) is 0 Å². The largest absolute Gasteiger partial charge is 0.435 e. The second-order valence-electron chi connectivity index (χ2n) is 4.34. The van der Waals surface area contributed by atoms with Gasteiger partial charge in [-0.3, -0.25) is 4.68 Å². The summed E-state index contributed by atoms with van der Waals surface area (Å²) in [5, 5.41) is 3.50. The van der Waals surface area contributed by atoms with Crippen LogP contribution in [0, 0.1) is 0 Å². The minimum Gasteiger partial charge on any atom is -0.265 e. The van der Waals surface area contributed by atoms with Crippen LogP contribution in [0.25, 0.3) is 0 Å². The number of aromatic nitrogens is 2. The zero-order valence-corrected chi connectivity index (χ0v) is 10.1. The lowest BCUT2D eigenvalue weighted by atomic mass is 10.2. The molecule has 0 bridgehead atoms. The fourth-order valence-corrected chi connectivity index (χ4v) is 3.51. The molecule has 2 heterocycles. The molecule has 0 saturated heterocycles. The van der Waals surface area contributed by atoms with Crippen LogP contribution in [0.15, 0.2) is 0 Å². The highest BCUT2D eigenvalue weighted by molar-refractivity contribution is 7.90. The molecule has 0 amide bonds. The molecular weight excluding hydrogens is 257 g/mol. The van der Waals surface area contributed by atoms with E-state index in [1.807, 2.05) is 0 Å². The molecule has 0 atom stereocenters. The van der Waals surface area contributed by atoms with Crippen LogP contribution < -0.4 is 0 Å². The van der Waals surface area contributed by atoms with Crippen molar-refractivity contribution in [3.05, 3.63) is 17.0 Å². The first-order valence-corrected chi connectivity index (χ1v) is 6.82. The van der Waals surface area contributed by atoms with Gasteiger partial charge in [0.15, 0.2) is 15.5 Å². The molecule has 0 spiro atoms. The lowest BCUT2D eigenvalue weighted by Gasteiger charge is -2.09. The van der Waals surface area contributed by atoms with Gasteiger partial charge in [0, 0.05) is 11.6 Å². The summed E-state index contributed by atoms with van der Waals surface area (Å²) in [5.41, 5.74) is -1.08. The van der Waals surface area contributed by atoms with Gasteiger partial charge < -0.3 is 0 Å². The van der Waals surface area contributed by atoms with E-state index in [1.165, 1.54) is 0 Å². The third kappa shape index (κ3) is 2.05. The van der Waals surface area contributed by atoms with Crippen molar-refractivity contribution in [2.24, 2.45) is 0 Å². The van der Waals surface area contributed by atoms with Crippen molar-refractivity contribution in [1.29, 1.82) is 0 Å². The third-order valence-electron chi connectivity index (χ3n) is 2.60. The third-order valence-corrected chi connectivity index (χ3v) is 4.04. The van der Waals surface area contributed by atoms with E-state index in [4.69, 9.17) is 0 Å². The lowest BCUT2D eigenvalue weighted by Crippen LogP contribution is -2.13. The maximum atomic E-state index is 12.7. The van der Waals surface area contributed by atoms with Crippen molar-refractivity contribution < 1.29 is 21.6 Å². The minimum atomic E-state index is -4.61. The highest BCUT2D eigenvalue weighted by Gasteiger charge is 2.43. The first-order valence-electron chi connectivity index (χ1n) is 4.99. The maximum Gasteiger partial charge on any atom is 0.435 e. The Labute approximate surface area is 96.3 Å². The lowest BCUT2D eigenvalue weighted by molar-refractivity contribution is -0.142. The maximum absolute atomic E-state index is 12.7. The van der Waals surface area contributed by atoms with E-state index in [0.29, 0.717) is 0 Å². The summed E-state index contributed by atoms with van der Waals surface area (Å²) in [6, 6.07) is -0.298. The predicted octanol–water partition coefficient (Wildman–Crippen LogP) is 1.91. The number of rotatable bonds is 1. The summed E-state index contributed by atoms with van der Waals surface area (Å²) in [4.78, 5) is 0. The smallest absolute Gasteiger partial charge is 0.265 e. The molecule has 1 aromatic heterocycles. The molecule has 0 fully saturated rings. The molecule has 0 N–H and O–H groups in total. The van der Waals surface area contributed by atoms with Crippen LogP contribution in [0.1, 0.15) is 36.8 Å². The summed E-state index contributed by atoms with van der Waals surface area (Å²) in [7, 11) is -3.46. The molecule has 1 aliphatic rings. The zero-order chi connectivity index (χ0) is 13.0. The van der Waals surface area contributed by atoms with Crippen molar-refractivity contribution in [1.82, 2.24) is 9.78 Å². The van der Waals surface area contributed by atoms with Gasteiger partial charge >= 0.3 is 6.18 Å². The minimum absolute atomic E-state index is 0.173. The van der Waals surface area contributed by atoms with Gasteiger partial charge in [0.25, 0.3) is 0 Å². The Morgan fingerprint density at radius 2 is 1.88 bits per heavy atom. The van der Waals surface area contributed by atoms with E-state index in [1.54, 1.807) is 13.8 Å². The number of hydrogen-bond donors (Lipinski definition) is 0. The summed E-state index contributed by atoms with van der Waals surface area (Å²) >= 11 is 0. The molecule has 0 radical (unpaired) electrons. The topological polar surface area (TPSA) is 52.0 Å². The fourth-order valence-electron chi connectivity index (χ4n) is 1.94. The van der Waals surface area contributed by atoms with Crippen LogP contribution in [0.3, 0.4) is 0 Å². The van der Waals surface area contributed by atoms with Crippen LogP contribution in [0.5, 0.6) is 0 Å². The summed E-state index contributed by atoms with van der Waals surface area (Å²) in [5.74, 6) is -0.923. The summed E-state index contributed by atoms with van der Waals surface area (Å²) in [6.07, 6.45) is -4.61. The van der Waals surface area contributed by atoms with Crippen molar-refractivity contribution in [3.8, 4) is 0 Å². The molecule has 1 aromatic rings. The van der Waals surface area contributed by atoms with Gasteiger partial charge in [-0.15, -0.1) is 0 Å². The van der Waals surface area contributed by atoms with E-state index in [9.17, 15) is 21.6 Å². The van der Waals surface area contributed by atoms with Gasteiger partial charge in [0.1, 0.15) is 0 Å². The number of hydrogen-bond acceptors (Lipinski definition) is 3. The van der Waals surface area contributed by atoms with Crippen molar-refractivity contribution >= 4 is 9.84 Å². The Morgan fingerprint density at radius 3 is 2.35 bits per heavy atom. The van der Waals surface area contributed by atoms with Crippen molar-refractivity contribution in [3.63, 3.8) is 0 Å². The predicted molar refractivity (Wildman–Crippen MR) is 53.9 cm³/mol. The standard InChI is InChI=1S/C9H11F3N2O2S/c1-5(2)14-7-4-17(15,16)3-6(7)8(13-14)9(10,11)12/h5H,3-4H2,1-2H3. The highest BCUT2D eigenvalue weighted by Crippen LogP contribution is 2.38. The van der Waals surface area contributed by atoms with E-state index in [2.05, 4.69) is 5.10 Å². The van der Waals surface area contributed by atoms with Gasteiger partial charge in [-0.25, -0.2) is 8.42 Å². The Hall–Kier alpha value is -1.05. The molecule has 96 valence electrons. The van der Waals surface area contributed by atoms with Crippen LogP contribution in [-0.4, -0.2) is 18.2 Å². The van der Waals surface area contributed by atoms with Crippen LogP contribution in [0.2, 0.25) is 0 Å². The Morgan fingerprint density at radius 1 is 1.29 bits per heavy atom. The molecule has 0 aromatic carbocycles. The average molecular weight is 268 g/mol. The zero-order valence-electron chi connectivity index (χ0n) is 9.24. The fraction of sp³-hybridized carbons (Fsp3) is 0.667. The quantitative estimate of drug-likeness (QED) is 0.781. The molecule has 4 nitrogen and oxygen atoms in total. The van der Waals surface area contributed by atoms with Crippen molar-refractivity contribution in [2.45, 2.75) is 37.6 Å². The molecule has 0 aliphatic carbocycles. The molecule has 0 unspecified atom stereocenters. The van der Waals surface area contributed by atoms with Crippen LogP contribution in [-0.2, 0) is 27.5 Å². The van der Waals surface area contributed by atoms with Gasteiger partial charge in [-0.05, 0) is 13.8 Å². The number of halogens is 3. The van der Waals surface area contributed by atoms with E-state index >= 15 is 0 Å². The normalized spacial score (nSPS) is 18.7. The molecule has 17 heavy (non-hydrogen) atoms. The second-order valence-corrected chi connectivity index (χ2v) is 6.41. The number of nitrogens with zero attached hydrogens (tertiary/aromatic N) is 2. The van der Waals surface area contributed by atoms with E-state index in [0.717, 1.165) is 4.68 Å².